The van der Waals surface area contributed by atoms with Gasteiger partial charge in [-0.15, -0.1) is 0 Å². The third-order valence-electron chi connectivity index (χ3n) is 1.87. The average Bonchev–Trinajstić information content (AvgIpc) is 2.62. The topological polar surface area (TPSA) is 58.6 Å². The molecule has 2 aromatic rings. The van der Waals surface area contributed by atoms with Gasteiger partial charge in [0.2, 0.25) is 0 Å². The number of oxime groups is 1. The van der Waals surface area contributed by atoms with Crippen molar-refractivity contribution in [3.63, 3.8) is 0 Å². The summed E-state index contributed by atoms with van der Waals surface area (Å²) >= 11 is 5.58. The SMILES string of the molecule is O/N=C(\Cl)Cc1noc2ccccc12. The molecule has 0 aliphatic heterocycles. The maximum absolute atomic E-state index is 8.40. The molecule has 0 aliphatic carbocycles. The van der Waals surface area contributed by atoms with Crippen LogP contribution in [0.3, 0.4) is 0 Å². The van der Waals surface area contributed by atoms with Crippen molar-refractivity contribution < 1.29 is 9.73 Å². The number of nitrogens with zero attached hydrogens (tertiary/aromatic N) is 2. The zero-order valence-electron chi connectivity index (χ0n) is 7.14. The van der Waals surface area contributed by atoms with Gasteiger partial charge in [0.05, 0.1) is 12.1 Å². The number of halogens is 1. The molecule has 0 atom stereocenters. The lowest BCUT2D eigenvalue weighted by atomic mass is 10.2. The van der Waals surface area contributed by atoms with Crippen LogP contribution in [0.1, 0.15) is 5.69 Å². The summed E-state index contributed by atoms with van der Waals surface area (Å²) in [5, 5.41) is 16.1. The Bertz CT molecular complexity index is 478. The number of rotatable bonds is 2. The summed E-state index contributed by atoms with van der Waals surface area (Å²) < 4.78 is 5.05. The number of fused-ring (bicyclic) bond motifs is 1. The first-order chi connectivity index (χ1) is 6.81. The van der Waals surface area contributed by atoms with Crippen LogP contribution < -0.4 is 0 Å². The Morgan fingerprint density at radius 2 is 2.29 bits per heavy atom. The highest BCUT2D eigenvalue weighted by Gasteiger charge is 2.09. The molecule has 0 radical (unpaired) electrons. The molecule has 1 aromatic heterocycles. The van der Waals surface area contributed by atoms with Crippen LogP contribution in [0.25, 0.3) is 11.0 Å². The lowest BCUT2D eigenvalue weighted by Gasteiger charge is -1.91. The lowest BCUT2D eigenvalue weighted by molar-refractivity contribution is 0.319. The van der Waals surface area contributed by atoms with Gasteiger partial charge in [0.1, 0.15) is 0 Å². The molecule has 4 nitrogen and oxygen atoms in total. The second kappa shape index (κ2) is 3.67. The minimum absolute atomic E-state index is 0.0871. The first-order valence-corrected chi connectivity index (χ1v) is 4.39. The average molecular weight is 211 g/mol. The number of benzene rings is 1. The van der Waals surface area contributed by atoms with Gasteiger partial charge in [-0.2, -0.15) is 0 Å². The summed E-state index contributed by atoms with van der Waals surface area (Å²) in [6.07, 6.45) is 0.273. The van der Waals surface area contributed by atoms with Crippen LogP contribution in [0, 0.1) is 0 Å². The van der Waals surface area contributed by atoms with E-state index in [1.807, 2.05) is 24.3 Å². The molecule has 72 valence electrons. The Hall–Kier alpha value is -1.55. The van der Waals surface area contributed by atoms with Crippen LogP contribution in [-0.2, 0) is 6.42 Å². The Balaban J connectivity index is 2.43. The van der Waals surface area contributed by atoms with Gasteiger partial charge in [0, 0.05) is 5.39 Å². The molecule has 14 heavy (non-hydrogen) atoms. The minimum Gasteiger partial charge on any atom is -0.410 e. The van der Waals surface area contributed by atoms with E-state index in [1.165, 1.54) is 0 Å². The molecule has 0 fully saturated rings. The van der Waals surface area contributed by atoms with Crippen LogP contribution in [-0.4, -0.2) is 15.5 Å². The second-order valence-electron chi connectivity index (χ2n) is 2.78. The summed E-state index contributed by atoms with van der Waals surface area (Å²) in [4.78, 5) is 0. The Morgan fingerprint density at radius 3 is 3.07 bits per heavy atom. The number of hydrogen-bond donors (Lipinski definition) is 1. The highest BCUT2D eigenvalue weighted by molar-refractivity contribution is 6.65. The van der Waals surface area contributed by atoms with Crippen molar-refractivity contribution in [2.45, 2.75) is 6.42 Å². The molecule has 0 saturated carbocycles. The van der Waals surface area contributed by atoms with E-state index in [-0.39, 0.29) is 11.6 Å². The van der Waals surface area contributed by atoms with Gasteiger partial charge < -0.3 is 9.73 Å². The molecule has 0 spiro atoms. The predicted molar refractivity (Wildman–Crippen MR) is 52.8 cm³/mol. The Morgan fingerprint density at radius 1 is 1.50 bits per heavy atom. The molecule has 1 N–H and O–H groups in total. The lowest BCUT2D eigenvalue weighted by Crippen LogP contribution is -1.94. The third kappa shape index (κ3) is 1.56. The fourth-order valence-corrected chi connectivity index (χ4v) is 1.37. The van der Waals surface area contributed by atoms with Crippen LogP contribution >= 0.6 is 11.6 Å². The van der Waals surface area contributed by atoms with E-state index >= 15 is 0 Å². The van der Waals surface area contributed by atoms with E-state index in [0.717, 1.165) is 5.39 Å². The summed E-state index contributed by atoms with van der Waals surface area (Å²) in [6.45, 7) is 0. The molecule has 0 unspecified atom stereocenters. The van der Waals surface area contributed by atoms with Gasteiger partial charge in [-0.25, -0.2) is 0 Å². The van der Waals surface area contributed by atoms with Crippen molar-refractivity contribution in [3.05, 3.63) is 30.0 Å². The molecular weight excluding hydrogens is 204 g/mol. The van der Waals surface area contributed by atoms with E-state index in [2.05, 4.69) is 10.3 Å². The predicted octanol–water partition coefficient (Wildman–Crippen LogP) is 2.40. The second-order valence-corrected chi connectivity index (χ2v) is 3.21. The van der Waals surface area contributed by atoms with Crippen LogP contribution in [0.5, 0.6) is 0 Å². The van der Waals surface area contributed by atoms with E-state index in [9.17, 15) is 0 Å². The number of hydrogen-bond acceptors (Lipinski definition) is 4. The third-order valence-corrected chi connectivity index (χ3v) is 2.08. The van der Waals surface area contributed by atoms with Crippen molar-refractivity contribution in [2.24, 2.45) is 5.16 Å². The first kappa shape index (κ1) is 9.02. The fraction of sp³-hybridized carbons (Fsp3) is 0.111. The van der Waals surface area contributed by atoms with Gasteiger partial charge in [0.15, 0.2) is 10.8 Å². The monoisotopic (exact) mass is 210 g/mol. The largest absolute Gasteiger partial charge is 0.410 e. The van der Waals surface area contributed by atoms with E-state index in [4.69, 9.17) is 21.3 Å². The van der Waals surface area contributed by atoms with E-state index < -0.39 is 0 Å². The molecule has 0 saturated heterocycles. The first-order valence-electron chi connectivity index (χ1n) is 4.01. The molecule has 1 aromatic carbocycles. The molecule has 5 heteroatoms. The number of para-hydroxylation sites is 1. The van der Waals surface area contributed by atoms with Crippen molar-refractivity contribution >= 4 is 27.7 Å². The van der Waals surface area contributed by atoms with Crippen molar-refractivity contribution in [1.82, 2.24) is 5.16 Å². The summed E-state index contributed by atoms with van der Waals surface area (Å²) in [7, 11) is 0. The highest BCUT2D eigenvalue weighted by atomic mass is 35.5. The van der Waals surface area contributed by atoms with Crippen molar-refractivity contribution in [2.75, 3.05) is 0 Å². The van der Waals surface area contributed by atoms with Crippen molar-refractivity contribution in [3.8, 4) is 0 Å². The zero-order chi connectivity index (χ0) is 9.97. The number of aromatic nitrogens is 1. The normalized spacial score (nSPS) is 12.2. The molecular formula is C9H7ClN2O2. The molecule has 0 aliphatic rings. The highest BCUT2D eigenvalue weighted by Crippen LogP contribution is 2.18. The van der Waals surface area contributed by atoms with Gasteiger partial charge in [-0.1, -0.05) is 34.0 Å². The Labute approximate surface area is 84.8 Å². The van der Waals surface area contributed by atoms with Crippen LogP contribution in [0.4, 0.5) is 0 Å². The van der Waals surface area contributed by atoms with E-state index in [1.54, 1.807) is 0 Å². The smallest absolute Gasteiger partial charge is 0.167 e. The summed E-state index contributed by atoms with van der Waals surface area (Å²) in [5.74, 6) is 0. The van der Waals surface area contributed by atoms with Gasteiger partial charge >= 0.3 is 0 Å². The minimum atomic E-state index is 0.0871. The van der Waals surface area contributed by atoms with Gasteiger partial charge in [0.25, 0.3) is 0 Å². The standard InChI is InChI=1S/C9H7ClN2O2/c10-9(11-13)5-7-6-3-1-2-4-8(6)14-12-7/h1-4,13H,5H2/b11-9-. The molecule has 0 amide bonds. The Kier molecular flexibility index (Phi) is 2.37. The van der Waals surface area contributed by atoms with Crippen LogP contribution in [0.15, 0.2) is 33.9 Å². The maximum Gasteiger partial charge on any atom is 0.167 e. The summed E-state index contributed by atoms with van der Waals surface area (Å²) in [5.41, 5.74) is 1.37. The fourth-order valence-electron chi connectivity index (χ4n) is 1.24. The van der Waals surface area contributed by atoms with Gasteiger partial charge in [-0.3, -0.25) is 0 Å². The van der Waals surface area contributed by atoms with Crippen LogP contribution in [0.2, 0.25) is 0 Å². The maximum atomic E-state index is 8.40. The van der Waals surface area contributed by atoms with E-state index in [0.29, 0.717) is 11.3 Å². The summed E-state index contributed by atoms with van der Waals surface area (Å²) in [6, 6.07) is 7.44. The molecule has 0 bridgehead atoms. The molecule has 2 rings (SSSR count). The zero-order valence-corrected chi connectivity index (χ0v) is 7.90. The quantitative estimate of drug-likeness (QED) is 0.470. The molecule has 1 heterocycles. The van der Waals surface area contributed by atoms with Crippen molar-refractivity contribution in [1.29, 1.82) is 0 Å². The van der Waals surface area contributed by atoms with Gasteiger partial charge in [-0.05, 0) is 12.1 Å².